The van der Waals surface area contributed by atoms with Gasteiger partial charge in [0, 0.05) is 12.1 Å². The Bertz CT molecular complexity index is 1040. The first-order valence-electron chi connectivity index (χ1n) is 9.24. The Morgan fingerprint density at radius 2 is 1.75 bits per heavy atom. The summed E-state index contributed by atoms with van der Waals surface area (Å²) in [7, 11) is -3.12. The van der Waals surface area contributed by atoms with E-state index in [1.807, 2.05) is 24.3 Å². The number of carbonyl (C=O) groups is 2. The summed E-state index contributed by atoms with van der Waals surface area (Å²) in [5.41, 5.74) is -0.00656. The highest BCUT2D eigenvalue weighted by atomic mass is 32.2. The summed E-state index contributed by atoms with van der Waals surface area (Å²) in [5, 5.41) is 11.7. The Morgan fingerprint density at radius 3 is 2.36 bits per heavy atom. The number of aromatic hydroxyl groups is 1. The van der Waals surface area contributed by atoms with Crippen LogP contribution in [0.3, 0.4) is 0 Å². The van der Waals surface area contributed by atoms with Crippen molar-refractivity contribution in [1.29, 1.82) is 0 Å². The monoisotopic (exact) mass is 403 g/mol. The molecular formula is C20H21NO6S. The van der Waals surface area contributed by atoms with Crippen molar-refractivity contribution in [2.75, 3.05) is 18.1 Å². The Labute approximate surface area is 162 Å². The number of carbonyl (C=O) groups excluding carboxylic acids is 2. The quantitative estimate of drug-likeness (QED) is 0.765. The molecule has 1 saturated carbocycles. The fourth-order valence-corrected chi connectivity index (χ4v) is 5.44. The van der Waals surface area contributed by atoms with Crippen LogP contribution >= 0.6 is 0 Å². The largest absolute Gasteiger partial charge is 0.507 e. The van der Waals surface area contributed by atoms with E-state index in [9.17, 15) is 23.1 Å². The minimum absolute atomic E-state index is 0.00656. The van der Waals surface area contributed by atoms with E-state index in [1.54, 1.807) is 4.90 Å². The summed E-state index contributed by atoms with van der Waals surface area (Å²) in [6.45, 7) is -0.474. The second kappa shape index (κ2) is 7.09. The van der Waals surface area contributed by atoms with Crippen LogP contribution in [0.1, 0.15) is 29.6 Å². The molecule has 0 spiro atoms. The van der Waals surface area contributed by atoms with Crippen molar-refractivity contribution in [3.63, 3.8) is 0 Å². The molecule has 0 aromatic heterocycles. The van der Waals surface area contributed by atoms with Gasteiger partial charge >= 0.3 is 5.97 Å². The molecule has 1 heterocycles. The van der Waals surface area contributed by atoms with Crippen LogP contribution in [0.25, 0.3) is 10.8 Å². The molecule has 0 bridgehead atoms. The second-order valence-corrected chi connectivity index (χ2v) is 9.61. The molecule has 1 amide bonds. The Balaban J connectivity index is 1.45. The minimum Gasteiger partial charge on any atom is -0.507 e. The van der Waals surface area contributed by atoms with Crippen LogP contribution in [-0.2, 0) is 19.4 Å². The maximum atomic E-state index is 12.6. The van der Waals surface area contributed by atoms with Crippen molar-refractivity contribution in [3.05, 3.63) is 42.0 Å². The molecule has 2 aliphatic rings. The van der Waals surface area contributed by atoms with Gasteiger partial charge in [0.05, 0.1) is 11.5 Å². The van der Waals surface area contributed by atoms with Gasteiger partial charge in [-0.15, -0.1) is 0 Å². The maximum Gasteiger partial charge on any atom is 0.342 e. The van der Waals surface area contributed by atoms with Gasteiger partial charge in [0.2, 0.25) is 0 Å². The van der Waals surface area contributed by atoms with Crippen LogP contribution in [0, 0.1) is 0 Å². The molecule has 1 atom stereocenters. The lowest BCUT2D eigenvalue weighted by atomic mass is 10.1. The zero-order valence-corrected chi connectivity index (χ0v) is 16.0. The van der Waals surface area contributed by atoms with Gasteiger partial charge in [-0.25, -0.2) is 13.2 Å². The first-order chi connectivity index (χ1) is 13.3. The third-order valence-electron chi connectivity index (χ3n) is 5.24. The van der Waals surface area contributed by atoms with Crippen LogP contribution in [0.2, 0.25) is 0 Å². The number of hydrogen-bond donors (Lipinski definition) is 1. The number of benzene rings is 2. The van der Waals surface area contributed by atoms with Crippen molar-refractivity contribution in [2.24, 2.45) is 0 Å². The third-order valence-corrected chi connectivity index (χ3v) is 6.99. The van der Waals surface area contributed by atoms with E-state index in [1.165, 1.54) is 12.1 Å². The molecule has 4 rings (SSSR count). The Hall–Kier alpha value is -2.61. The maximum absolute atomic E-state index is 12.6. The zero-order chi connectivity index (χ0) is 19.9. The first-order valence-corrected chi connectivity index (χ1v) is 11.1. The fourth-order valence-electron chi connectivity index (χ4n) is 3.72. The lowest BCUT2D eigenvalue weighted by Crippen LogP contribution is -2.44. The topological polar surface area (TPSA) is 101 Å². The lowest BCUT2D eigenvalue weighted by Gasteiger charge is -2.28. The van der Waals surface area contributed by atoms with Crippen molar-refractivity contribution in [3.8, 4) is 5.75 Å². The number of amides is 1. The fraction of sp³-hybridized carbons (Fsp3) is 0.400. The van der Waals surface area contributed by atoms with Crippen molar-refractivity contribution in [2.45, 2.75) is 31.3 Å². The van der Waals surface area contributed by atoms with Crippen LogP contribution in [0.5, 0.6) is 5.75 Å². The zero-order valence-electron chi connectivity index (χ0n) is 15.2. The molecule has 2 aromatic rings. The molecule has 1 aliphatic heterocycles. The van der Waals surface area contributed by atoms with Gasteiger partial charge in [-0.3, -0.25) is 4.79 Å². The third kappa shape index (κ3) is 3.82. The van der Waals surface area contributed by atoms with Crippen LogP contribution in [0.15, 0.2) is 36.4 Å². The summed E-state index contributed by atoms with van der Waals surface area (Å²) in [4.78, 5) is 26.6. The highest BCUT2D eigenvalue weighted by molar-refractivity contribution is 7.91. The molecule has 0 radical (unpaired) electrons. The number of fused-ring (bicyclic) bond motifs is 1. The van der Waals surface area contributed by atoms with E-state index in [0.29, 0.717) is 6.42 Å². The minimum atomic E-state index is -3.12. The first kappa shape index (κ1) is 18.7. The number of hydrogen-bond acceptors (Lipinski definition) is 6. The SMILES string of the molecule is O=C(OCC(=O)N(C1CC1)[C@H]1CCS(=O)(=O)C1)c1cc2ccccc2cc1O. The number of nitrogens with zero attached hydrogens (tertiary/aromatic N) is 1. The molecule has 2 fully saturated rings. The molecule has 148 valence electrons. The molecule has 1 saturated heterocycles. The van der Waals surface area contributed by atoms with Crippen molar-refractivity contribution < 1.29 is 27.9 Å². The van der Waals surface area contributed by atoms with Gasteiger partial charge in [0.1, 0.15) is 11.3 Å². The predicted octanol–water partition coefficient (Wildman–Crippen LogP) is 1.88. The van der Waals surface area contributed by atoms with Crippen LogP contribution in [-0.4, -0.2) is 60.5 Å². The molecule has 8 heteroatoms. The van der Waals surface area contributed by atoms with E-state index >= 15 is 0 Å². The highest BCUT2D eigenvalue weighted by Crippen LogP contribution is 2.32. The van der Waals surface area contributed by atoms with E-state index < -0.39 is 28.3 Å². The average molecular weight is 403 g/mol. The summed E-state index contributed by atoms with van der Waals surface area (Å²) in [6.07, 6.45) is 2.09. The number of esters is 1. The predicted molar refractivity (Wildman–Crippen MR) is 103 cm³/mol. The number of phenolic OH excluding ortho intramolecular Hbond substituents is 1. The highest BCUT2D eigenvalue weighted by Gasteiger charge is 2.42. The summed E-state index contributed by atoms with van der Waals surface area (Å²) in [5.74, 6) is -1.34. The normalized spacial score (nSPS) is 20.8. The second-order valence-electron chi connectivity index (χ2n) is 7.38. The molecular weight excluding hydrogens is 382 g/mol. The van der Waals surface area contributed by atoms with E-state index in [4.69, 9.17) is 4.74 Å². The Kier molecular flexibility index (Phi) is 4.74. The summed E-state index contributed by atoms with van der Waals surface area (Å²) in [6, 6.07) is 9.96. The van der Waals surface area contributed by atoms with Gasteiger partial charge < -0.3 is 14.7 Å². The molecule has 7 nitrogen and oxygen atoms in total. The van der Waals surface area contributed by atoms with Crippen LogP contribution < -0.4 is 0 Å². The van der Waals surface area contributed by atoms with Gasteiger partial charge in [0.15, 0.2) is 16.4 Å². The van der Waals surface area contributed by atoms with Crippen molar-refractivity contribution in [1.82, 2.24) is 4.90 Å². The van der Waals surface area contributed by atoms with Gasteiger partial charge in [-0.2, -0.15) is 0 Å². The lowest BCUT2D eigenvalue weighted by molar-refractivity contribution is -0.137. The van der Waals surface area contributed by atoms with E-state index in [-0.39, 0.29) is 34.9 Å². The number of phenols is 1. The van der Waals surface area contributed by atoms with Crippen LogP contribution in [0.4, 0.5) is 0 Å². The number of sulfone groups is 1. The van der Waals surface area contributed by atoms with Gasteiger partial charge in [-0.05, 0) is 42.2 Å². The molecule has 28 heavy (non-hydrogen) atoms. The average Bonchev–Trinajstić information content (AvgIpc) is 3.42. The smallest absolute Gasteiger partial charge is 0.342 e. The summed E-state index contributed by atoms with van der Waals surface area (Å²) < 4.78 is 28.7. The molecule has 2 aromatic carbocycles. The molecule has 0 unspecified atom stereocenters. The number of ether oxygens (including phenoxy) is 1. The van der Waals surface area contributed by atoms with E-state index in [0.717, 1.165) is 23.6 Å². The van der Waals surface area contributed by atoms with Gasteiger partial charge in [-0.1, -0.05) is 24.3 Å². The molecule has 1 N–H and O–H groups in total. The summed E-state index contributed by atoms with van der Waals surface area (Å²) >= 11 is 0. The standard InChI is InChI=1S/C20H21NO6S/c22-18-10-14-4-2-1-3-13(14)9-17(18)20(24)27-11-19(23)21(15-5-6-15)16-7-8-28(25,26)12-16/h1-4,9-10,15-16,22H,5-8,11-12H2/t16-/m0/s1. The molecule has 1 aliphatic carbocycles. The Morgan fingerprint density at radius 1 is 1.07 bits per heavy atom. The van der Waals surface area contributed by atoms with E-state index in [2.05, 4.69) is 0 Å². The number of rotatable bonds is 5. The van der Waals surface area contributed by atoms with Crippen molar-refractivity contribution >= 4 is 32.5 Å². The van der Waals surface area contributed by atoms with Gasteiger partial charge in [0.25, 0.3) is 5.91 Å².